The van der Waals surface area contributed by atoms with Crippen LogP contribution in [-0.4, -0.2) is 24.2 Å². The Morgan fingerprint density at radius 1 is 1.19 bits per heavy atom. The van der Waals surface area contributed by atoms with Crippen molar-refractivity contribution in [1.82, 2.24) is 9.97 Å². The lowest BCUT2D eigenvalue weighted by molar-refractivity contribution is 0.355. The number of nitrogens with one attached hydrogen (secondary N) is 1. The van der Waals surface area contributed by atoms with Gasteiger partial charge in [-0.25, -0.2) is 4.98 Å². The van der Waals surface area contributed by atoms with E-state index in [4.69, 9.17) is 9.47 Å². The molecule has 0 unspecified atom stereocenters. The van der Waals surface area contributed by atoms with Gasteiger partial charge >= 0.3 is 0 Å². The van der Waals surface area contributed by atoms with Gasteiger partial charge in [-0.2, -0.15) is 5.26 Å². The highest BCUT2D eigenvalue weighted by atomic mass is 79.9. The zero-order valence-corrected chi connectivity index (χ0v) is 15.6. The minimum absolute atomic E-state index is 0.210. The molecule has 0 spiro atoms. The van der Waals surface area contributed by atoms with Crippen LogP contribution in [0.15, 0.2) is 45.7 Å². The van der Waals surface area contributed by atoms with Gasteiger partial charge in [0.05, 0.1) is 30.7 Å². The van der Waals surface area contributed by atoms with Gasteiger partial charge < -0.3 is 14.5 Å². The summed E-state index contributed by atoms with van der Waals surface area (Å²) < 4.78 is 11.3. The van der Waals surface area contributed by atoms with Gasteiger partial charge in [0.15, 0.2) is 17.3 Å². The largest absolute Gasteiger partial charge is 0.493 e. The van der Waals surface area contributed by atoms with Crippen LogP contribution in [0.2, 0.25) is 0 Å². The normalized spacial score (nSPS) is 11.2. The number of allylic oxidation sites excluding steroid dienone is 1. The molecule has 1 heterocycles. The van der Waals surface area contributed by atoms with E-state index in [2.05, 4.69) is 32.0 Å². The molecule has 3 rings (SSSR count). The monoisotopic (exact) mass is 411 g/mol. The third kappa shape index (κ3) is 3.46. The second kappa shape index (κ2) is 7.42. The average Bonchev–Trinajstić information content (AvgIpc) is 2.66. The lowest BCUT2D eigenvalue weighted by Gasteiger charge is -2.08. The lowest BCUT2D eigenvalue weighted by atomic mass is 10.1. The Bertz CT molecular complexity index is 1110. The van der Waals surface area contributed by atoms with Crippen LogP contribution in [0.4, 0.5) is 0 Å². The molecule has 3 aromatic rings. The summed E-state index contributed by atoms with van der Waals surface area (Å²) in [5.74, 6) is 1.34. The molecule has 0 aliphatic carbocycles. The van der Waals surface area contributed by atoms with E-state index in [1.165, 1.54) is 7.11 Å². The Morgan fingerprint density at radius 2 is 1.96 bits per heavy atom. The summed E-state index contributed by atoms with van der Waals surface area (Å²) in [4.78, 5) is 19.4. The number of rotatable bonds is 4. The summed E-state index contributed by atoms with van der Waals surface area (Å²) in [7, 11) is 3.09. The summed E-state index contributed by atoms with van der Waals surface area (Å²) in [6.07, 6.45) is 1.63. The molecule has 0 saturated heterocycles. The van der Waals surface area contributed by atoms with Crippen molar-refractivity contribution in [3.8, 4) is 17.6 Å². The Labute approximate surface area is 157 Å². The maximum atomic E-state index is 12.3. The Balaban J connectivity index is 2.11. The molecule has 1 N–H and O–H groups in total. The summed E-state index contributed by atoms with van der Waals surface area (Å²) in [5, 5.41) is 9.98. The molecule has 0 atom stereocenters. The average molecular weight is 412 g/mol. The van der Waals surface area contributed by atoms with Crippen molar-refractivity contribution in [2.45, 2.75) is 0 Å². The number of halogens is 1. The first-order valence-electron chi connectivity index (χ1n) is 7.59. The molecule has 0 aliphatic rings. The van der Waals surface area contributed by atoms with Crippen LogP contribution < -0.4 is 15.0 Å². The Kier molecular flexibility index (Phi) is 5.05. The fourth-order valence-corrected chi connectivity index (χ4v) is 2.86. The minimum atomic E-state index is -0.306. The summed E-state index contributed by atoms with van der Waals surface area (Å²) >= 11 is 3.33. The maximum Gasteiger partial charge on any atom is 0.259 e. The zero-order valence-electron chi connectivity index (χ0n) is 14.0. The highest BCUT2D eigenvalue weighted by Crippen LogP contribution is 2.29. The van der Waals surface area contributed by atoms with E-state index in [1.807, 2.05) is 0 Å². The molecule has 1 aromatic heterocycles. The third-order valence-corrected chi connectivity index (χ3v) is 4.25. The number of methoxy groups -OCH3 is 2. The summed E-state index contributed by atoms with van der Waals surface area (Å²) in [6, 6.07) is 12.6. The number of nitrogens with zero attached hydrogens (tertiary/aromatic N) is 2. The standard InChI is InChI=1S/C19H14BrN3O3/c1-25-16-6-3-11(8-17(16)26-2)7-12(10-21)18-22-15-5-4-13(20)9-14(15)19(24)23-18/h3-9H,1-2H3,(H,22,23,24)/b12-7+. The molecule has 0 amide bonds. The number of fused-ring (bicyclic) bond motifs is 1. The van der Waals surface area contributed by atoms with Crippen molar-refractivity contribution in [2.75, 3.05) is 14.2 Å². The van der Waals surface area contributed by atoms with Crippen molar-refractivity contribution in [2.24, 2.45) is 0 Å². The third-order valence-electron chi connectivity index (χ3n) is 3.76. The lowest BCUT2D eigenvalue weighted by Crippen LogP contribution is -2.11. The predicted octanol–water partition coefficient (Wildman–Crippen LogP) is 3.77. The molecular weight excluding hydrogens is 398 g/mol. The zero-order chi connectivity index (χ0) is 18.7. The molecule has 6 nitrogen and oxygen atoms in total. The number of H-pyrrole nitrogens is 1. The van der Waals surface area contributed by atoms with Gasteiger partial charge in [0.1, 0.15) is 6.07 Å². The number of benzene rings is 2. The van der Waals surface area contributed by atoms with Crippen LogP contribution in [0.3, 0.4) is 0 Å². The molecular formula is C19H14BrN3O3. The first kappa shape index (κ1) is 17.7. The van der Waals surface area contributed by atoms with Crippen molar-refractivity contribution >= 4 is 38.5 Å². The van der Waals surface area contributed by atoms with Gasteiger partial charge in [0, 0.05) is 4.47 Å². The molecule has 7 heteroatoms. The fourth-order valence-electron chi connectivity index (χ4n) is 2.50. The van der Waals surface area contributed by atoms with Gasteiger partial charge in [-0.1, -0.05) is 22.0 Å². The van der Waals surface area contributed by atoms with Gasteiger partial charge in [-0.15, -0.1) is 0 Å². The molecule has 0 saturated carbocycles. The Hall–Kier alpha value is -3.11. The van der Waals surface area contributed by atoms with Crippen LogP contribution in [0.5, 0.6) is 11.5 Å². The van der Waals surface area contributed by atoms with Crippen LogP contribution in [0.25, 0.3) is 22.6 Å². The van der Waals surface area contributed by atoms with Gasteiger partial charge in [-0.05, 0) is 42.0 Å². The van der Waals surface area contributed by atoms with Gasteiger partial charge in [0.2, 0.25) is 0 Å². The van der Waals surface area contributed by atoms with Crippen LogP contribution in [0.1, 0.15) is 11.4 Å². The number of aromatic amines is 1. The van der Waals surface area contributed by atoms with E-state index >= 15 is 0 Å². The summed E-state index contributed by atoms with van der Waals surface area (Å²) in [6.45, 7) is 0. The van der Waals surface area contributed by atoms with E-state index in [0.29, 0.717) is 22.4 Å². The molecule has 0 bridgehead atoms. The first-order chi connectivity index (χ1) is 12.5. The first-order valence-corrected chi connectivity index (χ1v) is 8.39. The van der Waals surface area contributed by atoms with E-state index in [1.54, 1.807) is 49.6 Å². The topological polar surface area (TPSA) is 88.0 Å². The number of aromatic nitrogens is 2. The maximum absolute atomic E-state index is 12.3. The summed E-state index contributed by atoms with van der Waals surface area (Å²) in [5.41, 5.74) is 1.16. The second-order valence-corrected chi connectivity index (χ2v) is 6.28. The SMILES string of the molecule is COc1ccc(/C=C(\C#N)c2nc3ccc(Br)cc3c(=O)[nH]2)cc1OC. The molecule has 0 radical (unpaired) electrons. The smallest absolute Gasteiger partial charge is 0.259 e. The quantitative estimate of drug-likeness (QED) is 0.660. The highest BCUT2D eigenvalue weighted by molar-refractivity contribution is 9.10. The molecule has 26 heavy (non-hydrogen) atoms. The van der Waals surface area contributed by atoms with E-state index in [9.17, 15) is 10.1 Å². The van der Waals surface area contributed by atoms with Crippen molar-refractivity contribution in [3.05, 3.63) is 62.6 Å². The highest BCUT2D eigenvalue weighted by Gasteiger charge is 2.10. The predicted molar refractivity (Wildman–Crippen MR) is 103 cm³/mol. The van der Waals surface area contributed by atoms with Crippen LogP contribution >= 0.6 is 15.9 Å². The number of hydrogen-bond acceptors (Lipinski definition) is 5. The van der Waals surface area contributed by atoms with Crippen LogP contribution in [-0.2, 0) is 0 Å². The van der Waals surface area contributed by atoms with Crippen molar-refractivity contribution in [3.63, 3.8) is 0 Å². The van der Waals surface area contributed by atoms with Gasteiger partial charge in [0.25, 0.3) is 5.56 Å². The molecule has 130 valence electrons. The van der Waals surface area contributed by atoms with E-state index in [0.717, 1.165) is 10.0 Å². The van der Waals surface area contributed by atoms with Gasteiger partial charge in [-0.3, -0.25) is 4.79 Å². The Morgan fingerprint density at radius 3 is 2.65 bits per heavy atom. The minimum Gasteiger partial charge on any atom is -0.493 e. The molecule has 0 fully saturated rings. The molecule has 2 aromatic carbocycles. The second-order valence-electron chi connectivity index (χ2n) is 5.36. The number of hydrogen-bond donors (Lipinski definition) is 1. The number of ether oxygens (including phenoxy) is 2. The molecule has 0 aliphatic heterocycles. The van der Waals surface area contributed by atoms with E-state index in [-0.39, 0.29) is 17.0 Å². The number of nitriles is 1. The van der Waals surface area contributed by atoms with Crippen LogP contribution in [0, 0.1) is 11.3 Å². The van der Waals surface area contributed by atoms with Crippen molar-refractivity contribution in [1.29, 1.82) is 5.26 Å². The van der Waals surface area contributed by atoms with Crippen molar-refractivity contribution < 1.29 is 9.47 Å². The van der Waals surface area contributed by atoms with E-state index < -0.39 is 0 Å². The fraction of sp³-hybridized carbons (Fsp3) is 0.105.